The summed E-state index contributed by atoms with van der Waals surface area (Å²) >= 11 is 1.10. The zero-order valence-corrected chi connectivity index (χ0v) is 18.6. The number of sulfonamides is 1. The molecular formula is C22H13F3N4O3S2. The summed E-state index contributed by atoms with van der Waals surface area (Å²) in [7, 11) is -3.97. The number of ether oxygens (including phenoxy) is 1. The Kier molecular flexibility index (Phi) is 6.23. The number of alkyl halides is 3. The van der Waals surface area contributed by atoms with E-state index in [-0.39, 0.29) is 32.8 Å². The van der Waals surface area contributed by atoms with Gasteiger partial charge in [-0.05, 0) is 42.5 Å². The van der Waals surface area contributed by atoms with Crippen molar-refractivity contribution in [2.75, 3.05) is 4.72 Å². The maximum atomic E-state index is 13.0. The van der Waals surface area contributed by atoms with E-state index in [1.165, 1.54) is 24.4 Å². The van der Waals surface area contributed by atoms with Crippen molar-refractivity contribution in [3.8, 4) is 28.8 Å². The van der Waals surface area contributed by atoms with E-state index in [2.05, 4.69) is 14.7 Å². The van der Waals surface area contributed by atoms with Crippen LogP contribution in [-0.2, 0) is 16.2 Å². The summed E-state index contributed by atoms with van der Waals surface area (Å²) in [6.07, 6.45) is -1.99. The van der Waals surface area contributed by atoms with Gasteiger partial charge in [0.05, 0.1) is 21.7 Å². The van der Waals surface area contributed by atoms with Gasteiger partial charge in [-0.25, -0.2) is 13.4 Å². The third-order valence-electron chi connectivity index (χ3n) is 4.48. The van der Waals surface area contributed by atoms with Crippen LogP contribution in [0.3, 0.4) is 0 Å². The zero-order chi connectivity index (χ0) is 24.3. The van der Waals surface area contributed by atoms with Gasteiger partial charge < -0.3 is 4.74 Å². The van der Waals surface area contributed by atoms with Gasteiger partial charge in [0.15, 0.2) is 5.13 Å². The molecule has 2 heterocycles. The highest BCUT2D eigenvalue weighted by molar-refractivity contribution is 7.93. The Labute approximate surface area is 196 Å². The Morgan fingerprint density at radius 3 is 2.56 bits per heavy atom. The number of nitrogens with zero attached hydrogens (tertiary/aromatic N) is 3. The number of hydrogen-bond acceptors (Lipinski definition) is 7. The van der Waals surface area contributed by atoms with E-state index in [1.807, 2.05) is 6.07 Å². The summed E-state index contributed by atoms with van der Waals surface area (Å²) in [6.45, 7) is 0. The van der Waals surface area contributed by atoms with Gasteiger partial charge in [0.1, 0.15) is 17.6 Å². The highest BCUT2D eigenvalue weighted by Gasteiger charge is 2.30. The van der Waals surface area contributed by atoms with Gasteiger partial charge >= 0.3 is 6.18 Å². The Bertz CT molecular complexity index is 1480. The normalized spacial score (nSPS) is 11.6. The molecule has 0 aliphatic heterocycles. The minimum absolute atomic E-state index is 0.0513. The summed E-state index contributed by atoms with van der Waals surface area (Å²) in [6, 6.07) is 13.6. The van der Waals surface area contributed by atoms with Crippen LogP contribution in [0.1, 0.15) is 11.1 Å². The molecule has 0 saturated carbocycles. The van der Waals surface area contributed by atoms with Gasteiger partial charge in [-0.3, -0.25) is 9.71 Å². The number of halogens is 3. The predicted molar refractivity (Wildman–Crippen MR) is 119 cm³/mol. The second kappa shape index (κ2) is 9.12. The van der Waals surface area contributed by atoms with Crippen LogP contribution < -0.4 is 9.46 Å². The van der Waals surface area contributed by atoms with Crippen LogP contribution in [-0.4, -0.2) is 18.4 Å². The molecule has 7 nitrogen and oxygen atoms in total. The van der Waals surface area contributed by atoms with Crippen LogP contribution in [0.15, 0.2) is 77.3 Å². The Hall–Kier alpha value is -3.95. The molecule has 34 heavy (non-hydrogen) atoms. The van der Waals surface area contributed by atoms with Gasteiger partial charge in [0, 0.05) is 23.3 Å². The van der Waals surface area contributed by atoms with Crippen molar-refractivity contribution in [3.05, 3.63) is 83.5 Å². The first-order chi connectivity index (χ1) is 16.2. The molecule has 2 aromatic carbocycles. The van der Waals surface area contributed by atoms with Crippen molar-refractivity contribution in [1.82, 2.24) is 9.97 Å². The molecule has 0 amide bonds. The second-order valence-electron chi connectivity index (χ2n) is 6.77. The lowest BCUT2D eigenvalue weighted by Gasteiger charge is -2.12. The molecule has 1 N–H and O–H groups in total. The van der Waals surface area contributed by atoms with Crippen molar-refractivity contribution in [2.45, 2.75) is 11.1 Å². The first-order valence-corrected chi connectivity index (χ1v) is 11.8. The SMILES string of the molecule is N#Cc1cc(S(=O)(=O)Nc2nccs2)ccc1Oc1cccc(-c2cc(C(F)(F)F)ccn2)c1. The van der Waals surface area contributed by atoms with E-state index in [0.29, 0.717) is 5.56 Å². The van der Waals surface area contributed by atoms with Crippen molar-refractivity contribution in [2.24, 2.45) is 0 Å². The first-order valence-electron chi connectivity index (χ1n) is 9.44. The molecule has 4 aromatic rings. The maximum Gasteiger partial charge on any atom is 0.416 e. The molecule has 0 spiro atoms. The number of anilines is 1. The molecule has 0 aliphatic rings. The lowest BCUT2D eigenvalue weighted by molar-refractivity contribution is -0.137. The number of hydrogen-bond donors (Lipinski definition) is 1. The molecule has 172 valence electrons. The van der Waals surface area contributed by atoms with Crippen molar-refractivity contribution >= 4 is 26.5 Å². The fourth-order valence-electron chi connectivity index (χ4n) is 2.91. The Morgan fingerprint density at radius 2 is 1.85 bits per heavy atom. The fraction of sp³-hybridized carbons (Fsp3) is 0.0455. The Balaban J connectivity index is 1.61. The molecule has 0 fully saturated rings. The quantitative estimate of drug-likeness (QED) is 0.363. The number of thiazole rings is 1. The first kappa shape index (κ1) is 23.2. The monoisotopic (exact) mass is 502 g/mol. The van der Waals surface area contributed by atoms with Crippen LogP contribution in [0.5, 0.6) is 11.5 Å². The third-order valence-corrected chi connectivity index (χ3v) is 6.64. The van der Waals surface area contributed by atoms with Crippen molar-refractivity contribution in [1.29, 1.82) is 5.26 Å². The molecule has 4 rings (SSSR count). The largest absolute Gasteiger partial charge is 0.456 e. The van der Waals surface area contributed by atoms with E-state index in [0.717, 1.165) is 35.7 Å². The van der Waals surface area contributed by atoms with Crippen LogP contribution in [0, 0.1) is 11.3 Å². The van der Waals surface area contributed by atoms with E-state index in [9.17, 15) is 26.9 Å². The predicted octanol–water partition coefficient (Wildman–Crippen LogP) is 5.69. The Morgan fingerprint density at radius 1 is 1.03 bits per heavy atom. The molecule has 0 aliphatic carbocycles. The van der Waals surface area contributed by atoms with Crippen molar-refractivity contribution in [3.63, 3.8) is 0 Å². The van der Waals surface area contributed by atoms with Gasteiger partial charge in [0.25, 0.3) is 10.0 Å². The topological polar surface area (TPSA) is 105 Å². The number of rotatable bonds is 6. The summed E-state index contributed by atoms with van der Waals surface area (Å²) in [5.74, 6) is 0.301. The molecular weight excluding hydrogens is 489 g/mol. The van der Waals surface area contributed by atoms with Crippen LogP contribution >= 0.6 is 11.3 Å². The van der Waals surface area contributed by atoms with E-state index < -0.39 is 21.8 Å². The fourth-order valence-corrected chi connectivity index (χ4v) is 4.73. The van der Waals surface area contributed by atoms with Gasteiger partial charge in [-0.15, -0.1) is 11.3 Å². The zero-order valence-electron chi connectivity index (χ0n) is 16.9. The minimum Gasteiger partial charge on any atom is -0.456 e. The van der Waals surface area contributed by atoms with E-state index in [4.69, 9.17) is 4.74 Å². The summed E-state index contributed by atoms with van der Waals surface area (Å²) < 4.78 is 72.2. The minimum atomic E-state index is -4.51. The lowest BCUT2D eigenvalue weighted by atomic mass is 10.1. The molecule has 0 saturated heterocycles. The molecule has 0 bridgehead atoms. The molecule has 0 radical (unpaired) electrons. The van der Waals surface area contributed by atoms with E-state index >= 15 is 0 Å². The lowest BCUT2D eigenvalue weighted by Crippen LogP contribution is -2.13. The number of nitrogens with one attached hydrogen (secondary N) is 1. The molecule has 0 atom stereocenters. The maximum absolute atomic E-state index is 13.0. The average molecular weight is 502 g/mol. The molecule has 12 heteroatoms. The average Bonchev–Trinajstić information content (AvgIpc) is 3.31. The highest BCUT2D eigenvalue weighted by Crippen LogP contribution is 2.33. The van der Waals surface area contributed by atoms with Crippen LogP contribution in [0.4, 0.5) is 18.3 Å². The van der Waals surface area contributed by atoms with Crippen LogP contribution in [0.25, 0.3) is 11.3 Å². The molecule has 0 unspecified atom stereocenters. The van der Waals surface area contributed by atoms with E-state index in [1.54, 1.807) is 23.6 Å². The van der Waals surface area contributed by atoms with Gasteiger partial charge in [-0.1, -0.05) is 12.1 Å². The third kappa shape index (κ3) is 5.16. The smallest absolute Gasteiger partial charge is 0.416 e. The summed E-state index contributed by atoms with van der Waals surface area (Å²) in [4.78, 5) is 7.70. The second-order valence-corrected chi connectivity index (χ2v) is 9.35. The molecule has 2 aromatic heterocycles. The number of benzene rings is 2. The van der Waals surface area contributed by atoms with Crippen molar-refractivity contribution < 1.29 is 26.3 Å². The van der Waals surface area contributed by atoms with Crippen LogP contribution in [0.2, 0.25) is 0 Å². The van der Waals surface area contributed by atoms with Gasteiger partial charge in [-0.2, -0.15) is 18.4 Å². The number of aromatic nitrogens is 2. The standard InChI is InChI=1S/C22H13F3N4O3S2/c23-22(24,25)16-6-7-27-19(12-16)14-2-1-3-17(10-14)32-20-5-4-18(11-15(20)13-26)34(30,31)29-21-28-8-9-33-21/h1-12H,(H,28,29). The summed E-state index contributed by atoms with van der Waals surface area (Å²) in [5.41, 5.74) is -0.423. The number of pyridine rings is 1. The highest BCUT2D eigenvalue weighted by atomic mass is 32.2. The summed E-state index contributed by atoms with van der Waals surface area (Å²) in [5, 5.41) is 11.3. The van der Waals surface area contributed by atoms with Gasteiger partial charge in [0.2, 0.25) is 0 Å². The number of nitriles is 1.